The Morgan fingerprint density at radius 1 is 1.03 bits per heavy atom. The van der Waals surface area contributed by atoms with E-state index >= 15 is 0 Å². The second-order valence-corrected chi connectivity index (χ2v) is 10.0. The number of esters is 1. The molecule has 1 saturated heterocycles. The van der Waals surface area contributed by atoms with Crippen LogP contribution >= 0.6 is 0 Å². The van der Waals surface area contributed by atoms with E-state index in [-0.39, 0.29) is 17.8 Å². The number of rotatable bonds is 5. The Labute approximate surface area is 220 Å². The number of Topliss-reactive ketones (excluding diaryl/α,β-unsaturated/α-hetero) is 1. The van der Waals surface area contributed by atoms with Crippen LogP contribution in [0.3, 0.4) is 0 Å². The first kappa shape index (κ1) is 24.4. The van der Waals surface area contributed by atoms with E-state index in [1.165, 1.54) is 0 Å². The van der Waals surface area contributed by atoms with Gasteiger partial charge in [0.05, 0.1) is 31.8 Å². The second kappa shape index (κ2) is 10.1. The number of carbonyl (C=O) groups excluding carboxylic acids is 2. The van der Waals surface area contributed by atoms with Gasteiger partial charge < -0.3 is 19.5 Å². The molecule has 2 aromatic carbocycles. The topological polar surface area (TPSA) is 115 Å². The second-order valence-electron chi connectivity index (χ2n) is 10.0. The average Bonchev–Trinajstić information content (AvgIpc) is 3.42. The zero-order valence-corrected chi connectivity index (χ0v) is 21.5. The van der Waals surface area contributed by atoms with Gasteiger partial charge in [-0.2, -0.15) is 15.4 Å². The maximum Gasteiger partial charge on any atom is 0.337 e. The van der Waals surface area contributed by atoms with Crippen LogP contribution in [-0.2, 0) is 19.1 Å². The number of carbonyl (C=O) groups is 2. The molecule has 1 aliphatic carbocycles. The Balaban J connectivity index is 1.44. The molecule has 0 radical (unpaired) electrons. The molecular weight excluding hydrogens is 484 g/mol. The third-order valence-electron chi connectivity index (χ3n) is 7.76. The lowest BCUT2D eigenvalue weighted by Gasteiger charge is -2.37. The van der Waals surface area contributed by atoms with Crippen molar-refractivity contribution in [1.82, 2.24) is 20.7 Å². The highest BCUT2D eigenvalue weighted by atomic mass is 16.6. The van der Waals surface area contributed by atoms with Crippen molar-refractivity contribution in [1.29, 1.82) is 0 Å². The summed E-state index contributed by atoms with van der Waals surface area (Å²) in [6.45, 7) is 3.00. The normalized spacial score (nSPS) is 22.3. The minimum atomic E-state index is -0.612. The highest BCUT2D eigenvalue weighted by Crippen LogP contribution is 2.47. The Kier molecular flexibility index (Phi) is 6.45. The first-order valence-corrected chi connectivity index (χ1v) is 13.0. The summed E-state index contributed by atoms with van der Waals surface area (Å²) in [5.74, 6) is -0.319. The van der Waals surface area contributed by atoms with E-state index in [4.69, 9.17) is 14.2 Å². The molecule has 3 heterocycles. The molecular formula is C29H30N4O5. The predicted octanol–water partition coefficient (Wildman–Crippen LogP) is 4.05. The fraction of sp³-hybridized carbons (Fsp3) is 0.379. The van der Waals surface area contributed by atoms with Crippen molar-refractivity contribution in [3.8, 4) is 5.75 Å². The lowest BCUT2D eigenvalue weighted by atomic mass is 9.71. The van der Waals surface area contributed by atoms with E-state index < -0.39 is 11.9 Å². The summed E-state index contributed by atoms with van der Waals surface area (Å²) in [6.07, 6.45) is 2.03. The molecule has 1 fully saturated rings. The van der Waals surface area contributed by atoms with Gasteiger partial charge in [-0.25, -0.2) is 4.79 Å². The third kappa shape index (κ3) is 4.26. The van der Waals surface area contributed by atoms with Gasteiger partial charge in [0.15, 0.2) is 5.78 Å². The molecule has 0 spiro atoms. The Morgan fingerprint density at radius 3 is 2.63 bits per heavy atom. The average molecular weight is 515 g/mol. The van der Waals surface area contributed by atoms with Crippen molar-refractivity contribution in [2.75, 3.05) is 20.3 Å². The number of allylic oxidation sites excluding steroid dienone is 3. The minimum absolute atomic E-state index is 0.0102. The molecule has 0 bridgehead atoms. The molecule has 3 aromatic rings. The van der Waals surface area contributed by atoms with Crippen molar-refractivity contribution in [2.24, 2.45) is 0 Å². The van der Waals surface area contributed by atoms with Gasteiger partial charge in [-0.3, -0.25) is 4.79 Å². The summed E-state index contributed by atoms with van der Waals surface area (Å²) < 4.78 is 17.0. The molecule has 6 rings (SSSR count). The lowest BCUT2D eigenvalue weighted by molar-refractivity contribution is -0.148. The number of H-pyrrole nitrogens is 1. The molecule has 3 aliphatic rings. The van der Waals surface area contributed by atoms with Crippen LogP contribution in [0.25, 0.3) is 11.0 Å². The largest absolute Gasteiger partial charge is 0.496 e. The van der Waals surface area contributed by atoms with Crippen molar-refractivity contribution < 1.29 is 23.8 Å². The summed E-state index contributed by atoms with van der Waals surface area (Å²) in [5, 5.41) is 14.7. The number of dihydropyridines is 1. The van der Waals surface area contributed by atoms with Crippen LogP contribution in [0.4, 0.5) is 0 Å². The smallest absolute Gasteiger partial charge is 0.337 e. The van der Waals surface area contributed by atoms with E-state index in [0.717, 1.165) is 22.6 Å². The summed E-state index contributed by atoms with van der Waals surface area (Å²) in [6, 6.07) is 13.5. The van der Waals surface area contributed by atoms with Gasteiger partial charge in [-0.15, -0.1) is 0 Å². The van der Waals surface area contributed by atoms with Crippen LogP contribution in [0, 0.1) is 0 Å². The molecule has 196 valence electrons. The first-order chi connectivity index (χ1) is 18.5. The maximum atomic E-state index is 14.0. The van der Waals surface area contributed by atoms with E-state index in [2.05, 4.69) is 20.7 Å². The molecule has 2 aliphatic heterocycles. The molecule has 38 heavy (non-hydrogen) atoms. The van der Waals surface area contributed by atoms with Gasteiger partial charge in [0.1, 0.15) is 22.9 Å². The molecule has 1 aromatic heterocycles. The number of para-hydroxylation sites is 2. The van der Waals surface area contributed by atoms with Gasteiger partial charge in [-0.1, -0.05) is 30.3 Å². The Morgan fingerprint density at radius 2 is 1.82 bits per heavy atom. The van der Waals surface area contributed by atoms with Crippen molar-refractivity contribution in [3.63, 3.8) is 0 Å². The standard InChI is InChI=1S/C29H30N4O5/c1-16-25(29(35)38-18-10-12-37-13-11-18)26(20-7-5-8-21-28(20)32-33-31-21)27-22(30-16)14-17(15-23(27)34)19-6-3-4-9-24(19)36-2/h3-9,17-18,26,30H,10-15H2,1-2H3,(H,31,32,33)/t17?,26-/m1/s1. The van der Waals surface area contributed by atoms with Gasteiger partial charge >= 0.3 is 5.97 Å². The van der Waals surface area contributed by atoms with Crippen molar-refractivity contribution >= 4 is 22.8 Å². The van der Waals surface area contributed by atoms with Crippen molar-refractivity contribution in [2.45, 2.75) is 50.5 Å². The highest BCUT2D eigenvalue weighted by molar-refractivity contribution is 6.05. The van der Waals surface area contributed by atoms with E-state index in [9.17, 15) is 9.59 Å². The van der Waals surface area contributed by atoms with Gasteiger partial charge in [0, 0.05) is 42.1 Å². The summed E-state index contributed by atoms with van der Waals surface area (Å²) >= 11 is 0. The number of nitrogens with zero attached hydrogens (tertiary/aromatic N) is 2. The third-order valence-corrected chi connectivity index (χ3v) is 7.76. The van der Waals surface area contributed by atoms with Crippen LogP contribution in [0.5, 0.6) is 5.75 Å². The van der Waals surface area contributed by atoms with Gasteiger partial charge in [0.2, 0.25) is 0 Å². The van der Waals surface area contributed by atoms with E-state index in [1.54, 1.807) is 7.11 Å². The molecule has 0 saturated carbocycles. The number of hydrogen-bond acceptors (Lipinski definition) is 8. The van der Waals surface area contributed by atoms with Crippen LogP contribution in [0.2, 0.25) is 0 Å². The number of benzene rings is 2. The molecule has 9 heteroatoms. The number of nitrogens with one attached hydrogen (secondary N) is 2. The first-order valence-electron chi connectivity index (χ1n) is 13.0. The number of fused-ring (bicyclic) bond motifs is 1. The molecule has 9 nitrogen and oxygen atoms in total. The molecule has 2 atom stereocenters. The van der Waals surface area contributed by atoms with Gasteiger partial charge in [0.25, 0.3) is 0 Å². The number of methoxy groups -OCH3 is 1. The number of ketones is 1. The van der Waals surface area contributed by atoms with Crippen LogP contribution in [-0.4, -0.2) is 53.6 Å². The number of hydrogen-bond donors (Lipinski definition) is 2. The quantitative estimate of drug-likeness (QED) is 0.490. The van der Waals surface area contributed by atoms with E-state index in [1.807, 2.05) is 49.4 Å². The number of aromatic nitrogens is 3. The van der Waals surface area contributed by atoms with Crippen LogP contribution in [0.15, 0.2) is 65.0 Å². The predicted molar refractivity (Wildman–Crippen MR) is 139 cm³/mol. The Bertz CT molecular complexity index is 1470. The molecule has 2 N–H and O–H groups in total. The Hall–Kier alpha value is -3.98. The summed E-state index contributed by atoms with van der Waals surface area (Å²) in [7, 11) is 1.64. The van der Waals surface area contributed by atoms with Gasteiger partial charge in [-0.05, 0) is 36.6 Å². The number of ether oxygens (including phenoxy) is 3. The van der Waals surface area contributed by atoms with Crippen molar-refractivity contribution in [3.05, 3.63) is 76.1 Å². The zero-order valence-electron chi connectivity index (χ0n) is 21.5. The molecule has 1 unspecified atom stereocenters. The monoisotopic (exact) mass is 514 g/mol. The number of aromatic amines is 1. The van der Waals surface area contributed by atoms with Crippen LogP contribution in [0.1, 0.15) is 55.6 Å². The maximum absolute atomic E-state index is 14.0. The SMILES string of the molecule is COc1ccccc1C1CC(=O)C2=C(C1)NC(C)=C(C(=O)OC1CCOCC1)[C@H]2c1cccc2n[nH]nc12. The van der Waals surface area contributed by atoms with Crippen LogP contribution < -0.4 is 10.1 Å². The lowest BCUT2D eigenvalue weighted by Crippen LogP contribution is -2.37. The minimum Gasteiger partial charge on any atom is -0.496 e. The molecule has 0 amide bonds. The van der Waals surface area contributed by atoms with E-state index in [0.29, 0.717) is 66.8 Å². The summed E-state index contributed by atoms with van der Waals surface area (Å²) in [4.78, 5) is 27.7. The highest BCUT2D eigenvalue weighted by Gasteiger charge is 2.43. The zero-order chi connectivity index (χ0) is 26.2. The fourth-order valence-electron chi connectivity index (χ4n) is 5.98. The summed E-state index contributed by atoms with van der Waals surface area (Å²) in [5.41, 5.74) is 5.60. The fourth-order valence-corrected chi connectivity index (χ4v) is 5.98.